The minimum atomic E-state index is -3.14. The summed E-state index contributed by atoms with van der Waals surface area (Å²) in [5, 5.41) is 2.93. The third-order valence-electron chi connectivity index (χ3n) is 3.40. The van der Waals surface area contributed by atoms with E-state index in [0.29, 0.717) is 18.9 Å². The maximum atomic E-state index is 11.7. The summed E-state index contributed by atoms with van der Waals surface area (Å²) in [6.45, 7) is 6.43. The first-order valence-electron chi connectivity index (χ1n) is 6.51. The van der Waals surface area contributed by atoms with Crippen LogP contribution in [-0.2, 0) is 16.6 Å². The molecule has 7 heteroatoms. The summed E-state index contributed by atoms with van der Waals surface area (Å²) < 4.78 is 25.9. The van der Waals surface area contributed by atoms with Gasteiger partial charge in [-0.3, -0.25) is 4.90 Å². The molecule has 1 aliphatic heterocycles. The summed E-state index contributed by atoms with van der Waals surface area (Å²) in [5.74, 6) is 0.453. The first-order valence-corrected chi connectivity index (χ1v) is 8.94. The van der Waals surface area contributed by atoms with Crippen LogP contribution in [0.25, 0.3) is 0 Å². The van der Waals surface area contributed by atoms with Crippen LogP contribution >= 0.6 is 11.3 Å². The van der Waals surface area contributed by atoms with Crippen LogP contribution in [0, 0.1) is 0 Å². The van der Waals surface area contributed by atoms with E-state index >= 15 is 0 Å². The average Bonchev–Trinajstić information content (AvgIpc) is 2.99. The summed E-state index contributed by atoms with van der Waals surface area (Å²) in [6.07, 6.45) is 0.699. The Hall–Kier alpha value is -0.500. The van der Waals surface area contributed by atoms with E-state index in [9.17, 15) is 8.42 Å². The molecule has 1 atom stereocenters. The van der Waals surface area contributed by atoms with Gasteiger partial charge in [0.2, 0.25) is 10.0 Å². The van der Waals surface area contributed by atoms with E-state index in [0.717, 1.165) is 23.8 Å². The predicted molar refractivity (Wildman–Crippen MR) is 77.9 cm³/mol. The smallest absolute Gasteiger partial charge is 0.215 e. The Bertz CT molecular complexity index is 525. The van der Waals surface area contributed by atoms with Crippen molar-refractivity contribution in [2.24, 2.45) is 0 Å². The van der Waals surface area contributed by atoms with Gasteiger partial charge in [-0.1, -0.05) is 13.8 Å². The van der Waals surface area contributed by atoms with Gasteiger partial charge in [0.1, 0.15) is 0 Å². The molecule has 0 amide bonds. The highest BCUT2D eigenvalue weighted by Crippen LogP contribution is 2.22. The molecule has 0 aliphatic carbocycles. The molecule has 0 saturated carbocycles. The minimum absolute atomic E-state index is 0.291. The second-order valence-electron chi connectivity index (χ2n) is 5.23. The van der Waals surface area contributed by atoms with Crippen molar-refractivity contribution < 1.29 is 8.42 Å². The zero-order valence-electron chi connectivity index (χ0n) is 11.6. The lowest BCUT2D eigenvalue weighted by Gasteiger charge is -2.14. The van der Waals surface area contributed by atoms with Gasteiger partial charge >= 0.3 is 0 Å². The molecule has 108 valence electrons. The fraction of sp³-hybridized carbons (Fsp3) is 0.750. The lowest BCUT2D eigenvalue weighted by atomic mass is 10.2. The third kappa shape index (κ3) is 3.53. The molecular formula is C12H21N3O2S2. The Balaban J connectivity index is 1.95. The number of aromatic nitrogens is 1. The van der Waals surface area contributed by atoms with Gasteiger partial charge in [-0.05, 0) is 20.0 Å². The largest absolute Gasteiger partial charge is 0.296 e. The fourth-order valence-corrected chi connectivity index (χ4v) is 4.23. The van der Waals surface area contributed by atoms with Crippen LogP contribution in [-0.4, -0.2) is 43.7 Å². The molecule has 1 fully saturated rings. The van der Waals surface area contributed by atoms with Crippen molar-refractivity contribution in [3.8, 4) is 0 Å². The highest BCUT2D eigenvalue weighted by atomic mass is 32.2. The predicted octanol–water partition coefficient (Wildman–Crippen LogP) is 1.39. The van der Waals surface area contributed by atoms with E-state index < -0.39 is 10.0 Å². The number of likely N-dealkylation sites (tertiary alicyclic amines) is 1. The van der Waals surface area contributed by atoms with Gasteiger partial charge in [0.15, 0.2) is 0 Å². The van der Waals surface area contributed by atoms with E-state index in [4.69, 9.17) is 0 Å². The molecule has 1 aliphatic rings. The first-order chi connectivity index (χ1) is 8.92. The van der Waals surface area contributed by atoms with Crippen molar-refractivity contribution in [3.05, 3.63) is 16.1 Å². The normalized spacial score (nSPS) is 21.4. The van der Waals surface area contributed by atoms with Gasteiger partial charge in [-0.2, -0.15) is 0 Å². The average molecular weight is 303 g/mol. The number of thiazole rings is 1. The van der Waals surface area contributed by atoms with E-state index in [1.807, 2.05) is 0 Å². The molecular weight excluding hydrogens is 282 g/mol. The highest BCUT2D eigenvalue weighted by molar-refractivity contribution is 7.90. The first kappa shape index (κ1) is 14.9. The molecule has 1 saturated heterocycles. The molecule has 2 heterocycles. The van der Waals surface area contributed by atoms with Crippen LogP contribution in [0.4, 0.5) is 0 Å². The molecule has 1 N–H and O–H groups in total. The van der Waals surface area contributed by atoms with E-state index in [-0.39, 0.29) is 5.25 Å². The van der Waals surface area contributed by atoms with Crippen LogP contribution in [0.3, 0.4) is 0 Å². The van der Waals surface area contributed by atoms with Gasteiger partial charge in [0.05, 0.1) is 16.0 Å². The lowest BCUT2D eigenvalue weighted by molar-refractivity contribution is 0.327. The van der Waals surface area contributed by atoms with Crippen molar-refractivity contribution in [1.29, 1.82) is 0 Å². The van der Waals surface area contributed by atoms with E-state index in [1.165, 1.54) is 7.05 Å². The molecule has 0 radical (unpaired) electrons. The number of nitrogens with zero attached hydrogens (tertiary/aromatic N) is 2. The molecule has 0 bridgehead atoms. The zero-order valence-corrected chi connectivity index (χ0v) is 13.2. The van der Waals surface area contributed by atoms with Gasteiger partial charge in [-0.25, -0.2) is 18.1 Å². The van der Waals surface area contributed by atoms with Crippen molar-refractivity contribution in [2.75, 3.05) is 20.1 Å². The van der Waals surface area contributed by atoms with Crippen LogP contribution in [0.1, 0.15) is 36.9 Å². The standard InChI is InChI=1S/C12H21N3O2S2/c1-9(2)12-14-10(8-18-12)6-15-5-4-11(7-15)19(16,17)13-3/h8-9,11,13H,4-7H2,1-3H3/t11-/m1/s1. The topological polar surface area (TPSA) is 62.3 Å². The number of hydrogen-bond donors (Lipinski definition) is 1. The maximum absolute atomic E-state index is 11.7. The van der Waals surface area contributed by atoms with Crippen molar-refractivity contribution in [3.63, 3.8) is 0 Å². The molecule has 0 unspecified atom stereocenters. The number of sulfonamides is 1. The second-order valence-corrected chi connectivity index (χ2v) is 8.28. The molecule has 1 aromatic heterocycles. The maximum Gasteiger partial charge on any atom is 0.215 e. The quantitative estimate of drug-likeness (QED) is 0.893. The molecule has 0 spiro atoms. The van der Waals surface area contributed by atoms with Gasteiger partial charge in [0, 0.05) is 24.4 Å². The Labute approximate surface area is 119 Å². The molecule has 5 nitrogen and oxygen atoms in total. The summed E-state index contributed by atoms with van der Waals surface area (Å²) in [7, 11) is -1.66. The summed E-state index contributed by atoms with van der Waals surface area (Å²) in [6, 6.07) is 0. The number of nitrogens with one attached hydrogen (secondary N) is 1. The Kier molecular flexibility index (Phi) is 4.60. The SMILES string of the molecule is CNS(=O)(=O)[C@@H]1CCN(Cc2csc(C(C)C)n2)C1. The van der Waals surface area contributed by atoms with E-state index in [1.54, 1.807) is 11.3 Å². The zero-order chi connectivity index (χ0) is 14.0. The molecule has 19 heavy (non-hydrogen) atoms. The van der Waals surface area contributed by atoms with Crippen molar-refractivity contribution >= 4 is 21.4 Å². The van der Waals surface area contributed by atoms with Crippen molar-refractivity contribution in [1.82, 2.24) is 14.6 Å². The van der Waals surface area contributed by atoms with Crippen LogP contribution in [0.15, 0.2) is 5.38 Å². The number of hydrogen-bond acceptors (Lipinski definition) is 5. The Morgan fingerprint density at radius 1 is 1.58 bits per heavy atom. The van der Waals surface area contributed by atoms with Gasteiger partial charge in [-0.15, -0.1) is 11.3 Å². The molecule has 0 aromatic carbocycles. The van der Waals surface area contributed by atoms with Crippen LogP contribution in [0.5, 0.6) is 0 Å². The molecule has 2 rings (SSSR count). The summed E-state index contributed by atoms with van der Waals surface area (Å²) in [5.41, 5.74) is 1.05. The third-order valence-corrected chi connectivity index (χ3v) is 6.43. The fourth-order valence-electron chi connectivity index (χ4n) is 2.25. The monoisotopic (exact) mass is 303 g/mol. The minimum Gasteiger partial charge on any atom is -0.296 e. The summed E-state index contributed by atoms with van der Waals surface area (Å²) >= 11 is 1.68. The molecule has 1 aromatic rings. The van der Waals surface area contributed by atoms with Crippen LogP contribution < -0.4 is 4.72 Å². The Morgan fingerprint density at radius 2 is 2.32 bits per heavy atom. The highest BCUT2D eigenvalue weighted by Gasteiger charge is 2.32. The van der Waals surface area contributed by atoms with Gasteiger partial charge in [0.25, 0.3) is 0 Å². The Morgan fingerprint density at radius 3 is 2.89 bits per heavy atom. The van der Waals surface area contributed by atoms with Crippen LogP contribution in [0.2, 0.25) is 0 Å². The van der Waals surface area contributed by atoms with Crippen molar-refractivity contribution in [2.45, 2.75) is 38.0 Å². The lowest BCUT2D eigenvalue weighted by Crippen LogP contribution is -2.34. The van der Waals surface area contributed by atoms with Gasteiger partial charge < -0.3 is 0 Å². The number of rotatable bonds is 5. The second kappa shape index (κ2) is 5.87. The van der Waals surface area contributed by atoms with E-state index in [2.05, 4.69) is 33.8 Å². The summed E-state index contributed by atoms with van der Waals surface area (Å²) in [4.78, 5) is 6.76.